The Kier molecular flexibility index (Phi) is 2.70. The molecule has 0 bridgehead atoms. The quantitative estimate of drug-likeness (QED) is 0.712. The minimum Gasteiger partial charge on any atom is -0.392 e. The van der Waals surface area contributed by atoms with Gasteiger partial charge in [0.05, 0.1) is 17.6 Å². The first-order valence-corrected chi connectivity index (χ1v) is 5.02. The summed E-state index contributed by atoms with van der Waals surface area (Å²) in [7, 11) is 0. The van der Waals surface area contributed by atoms with E-state index < -0.39 is 6.10 Å². The summed E-state index contributed by atoms with van der Waals surface area (Å²) in [6.45, 7) is 1.91. The summed E-state index contributed by atoms with van der Waals surface area (Å²) in [4.78, 5) is 7.32. The third-order valence-electron chi connectivity index (χ3n) is 2.45. The molecule has 2 rings (SSSR count). The summed E-state index contributed by atoms with van der Waals surface area (Å²) < 4.78 is 0. The van der Waals surface area contributed by atoms with E-state index in [0.717, 1.165) is 16.6 Å². The number of aromatic nitrogens is 2. The second-order valence-corrected chi connectivity index (χ2v) is 3.56. The normalized spacial score (nSPS) is 13.3. The van der Waals surface area contributed by atoms with Gasteiger partial charge in [-0.05, 0) is 24.1 Å². The van der Waals surface area contributed by atoms with Crippen LogP contribution in [0.2, 0.25) is 0 Å². The minimum atomic E-state index is -0.546. The van der Waals surface area contributed by atoms with Crippen LogP contribution in [-0.4, -0.2) is 20.2 Å². The van der Waals surface area contributed by atoms with E-state index in [1.807, 2.05) is 25.1 Å². The second kappa shape index (κ2) is 4.00. The Labute approximate surface area is 87.6 Å². The van der Waals surface area contributed by atoms with Crippen LogP contribution in [0.1, 0.15) is 30.8 Å². The molecule has 1 unspecified atom stereocenters. The van der Waals surface area contributed by atoms with Crippen LogP contribution in [-0.2, 0) is 6.61 Å². The maximum Gasteiger partial charge on any atom is 0.136 e. The number of hydrogen-bond donors (Lipinski definition) is 3. The van der Waals surface area contributed by atoms with Crippen molar-refractivity contribution in [3.05, 3.63) is 29.6 Å². The zero-order chi connectivity index (χ0) is 10.8. The molecule has 1 heterocycles. The van der Waals surface area contributed by atoms with Crippen LogP contribution in [0.3, 0.4) is 0 Å². The largest absolute Gasteiger partial charge is 0.392 e. The molecule has 4 nitrogen and oxygen atoms in total. The third kappa shape index (κ3) is 1.86. The van der Waals surface area contributed by atoms with Crippen molar-refractivity contribution in [1.82, 2.24) is 9.97 Å². The van der Waals surface area contributed by atoms with Crippen molar-refractivity contribution in [3.63, 3.8) is 0 Å². The van der Waals surface area contributed by atoms with Crippen molar-refractivity contribution in [2.45, 2.75) is 26.1 Å². The maximum atomic E-state index is 9.61. The molecule has 0 aliphatic heterocycles. The van der Waals surface area contributed by atoms with E-state index >= 15 is 0 Å². The average Bonchev–Trinajstić information content (AvgIpc) is 2.70. The molecule has 0 aliphatic carbocycles. The average molecular weight is 206 g/mol. The van der Waals surface area contributed by atoms with E-state index in [-0.39, 0.29) is 6.61 Å². The Morgan fingerprint density at radius 2 is 2.27 bits per heavy atom. The number of aliphatic hydroxyl groups is 2. The van der Waals surface area contributed by atoms with Crippen molar-refractivity contribution in [3.8, 4) is 0 Å². The fourth-order valence-corrected chi connectivity index (χ4v) is 1.53. The van der Waals surface area contributed by atoms with Gasteiger partial charge in [-0.3, -0.25) is 0 Å². The molecule has 15 heavy (non-hydrogen) atoms. The number of rotatable bonds is 3. The van der Waals surface area contributed by atoms with E-state index in [9.17, 15) is 5.11 Å². The van der Waals surface area contributed by atoms with E-state index in [1.165, 1.54) is 0 Å². The number of imidazole rings is 1. The zero-order valence-electron chi connectivity index (χ0n) is 8.57. The fraction of sp³-hybridized carbons (Fsp3) is 0.364. The van der Waals surface area contributed by atoms with Crippen LogP contribution in [0, 0.1) is 0 Å². The second-order valence-electron chi connectivity index (χ2n) is 3.56. The standard InChI is InChI=1S/C11H14N2O2/c1-2-10(15)11-12-8-4-3-7(6-14)5-9(8)13-11/h3-5,10,14-15H,2,6H2,1H3,(H,12,13). The molecule has 2 aromatic rings. The molecule has 0 amide bonds. The van der Waals surface area contributed by atoms with Gasteiger partial charge >= 0.3 is 0 Å². The highest BCUT2D eigenvalue weighted by Gasteiger charge is 2.10. The molecule has 1 atom stereocenters. The molecule has 1 aromatic carbocycles. The van der Waals surface area contributed by atoms with Gasteiger partial charge in [0.1, 0.15) is 11.9 Å². The lowest BCUT2D eigenvalue weighted by Gasteiger charge is -2.01. The highest BCUT2D eigenvalue weighted by molar-refractivity contribution is 5.75. The Balaban J connectivity index is 2.46. The summed E-state index contributed by atoms with van der Waals surface area (Å²) >= 11 is 0. The summed E-state index contributed by atoms with van der Waals surface area (Å²) in [5.74, 6) is 0.586. The summed E-state index contributed by atoms with van der Waals surface area (Å²) in [5, 5.41) is 18.6. The first-order valence-electron chi connectivity index (χ1n) is 5.02. The number of benzene rings is 1. The summed E-state index contributed by atoms with van der Waals surface area (Å²) in [6.07, 6.45) is 0.0853. The van der Waals surface area contributed by atoms with E-state index in [2.05, 4.69) is 9.97 Å². The monoisotopic (exact) mass is 206 g/mol. The van der Waals surface area contributed by atoms with Crippen molar-refractivity contribution < 1.29 is 10.2 Å². The fourth-order valence-electron chi connectivity index (χ4n) is 1.53. The van der Waals surface area contributed by atoms with Gasteiger partial charge in [0.15, 0.2) is 0 Å². The molecule has 3 N–H and O–H groups in total. The van der Waals surface area contributed by atoms with Crippen molar-refractivity contribution in [1.29, 1.82) is 0 Å². The number of aliphatic hydroxyl groups excluding tert-OH is 2. The Hall–Kier alpha value is -1.39. The van der Waals surface area contributed by atoms with Crippen LogP contribution in [0.15, 0.2) is 18.2 Å². The van der Waals surface area contributed by atoms with Crippen LogP contribution < -0.4 is 0 Å². The first kappa shape index (κ1) is 10.1. The summed E-state index contributed by atoms with van der Waals surface area (Å²) in [5.41, 5.74) is 2.50. The van der Waals surface area contributed by atoms with Gasteiger partial charge in [0.25, 0.3) is 0 Å². The Bertz CT molecular complexity index is 465. The molecular weight excluding hydrogens is 192 g/mol. The molecule has 0 saturated carbocycles. The predicted molar refractivity (Wildman–Crippen MR) is 57.3 cm³/mol. The Morgan fingerprint density at radius 3 is 2.93 bits per heavy atom. The molecule has 0 fully saturated rings. The lowest BCUT2D eigenvalue weighted by atomic mass is 10.2. The molecule has 0 aliphatic rings. The molecular formula is C11H14N2O2. The van der Waals surface area contributed by atoms with Crippen LogP contribution in [0.25, 0.3) is 11.0 Å². The predicted octanol–water partition coefficient (Wildman–Crippen LogP) is 1.50. The summed E-state index contributed by atoms with van der Waals surface area (Å²) in [6, 6.07) is 5.50. The minimum absolute atomic E-state index is 0.0145. The van der Waals surface area contributed by atoms with Gasteiger partial charge < -0.3 is 15.2 Å². The van der Waals surface area contributed by atoms with E-state index in [1.54, 1.807) is 0 Å². The Morgan fingerprint density at radius 1 is 1.47 bits per heavy atom. The first-order chi connectivity index (χ1) is 7.24. The van der Waals surface area contributed by atoms with Crippen LogP contribution in [0.5, 0.6) is 0 Å². The smallest absolute Gasteiger partial charge is 0.136 e. The van der Waals surface area contributed by atoms with Gasteiger partial charge in [-0.15, -0.1) is 0 Å². The molecule has 1 aromatic heterocycles. The molecule has 0 spiro atoms. The third-order valence-corrected chi connectivity index (χ3v) is 2.45. The highest BCUT2D eigenvalue weighted by Crippen LogP contribution is 2.19. The van der Waals surface area contributed by atoms with Gasteiger partial charge in [-0.1, -0.05) is 13.0 Å². The number of fused-ring (bicyclic) bond motifs is 1. The highest BCUT2D eigenvalue weighted by atomic mass is 16.3. The van der Waals surface area contributed by atoms with Crippen LogP contribution >= 0.6 is 0 Å². The molecule has 0 saturated heterocycles. The van der Waals surface area contributed by atoms with Crippen molar-refractivity contribution in [2.24, 2.45) is 0 Å². The lowest BCUT2D eigenvalue weighted by Crippen LogP contribution is -1.96. The van der Waals surface area contributed by atoms with Gasteiger partial charge in [-0.2, -0.15) is 0 Å². The number of H-pyrrole nitrogens is 1. The van der Waals surface area contributed by atoms with E-state index in [4.69, 9.17) is 5.11 Å². The van der Waals surface area contributed by atoms with Gasteiger partial charge in [-0.25, -0.2) is 4.98 Å². The topological polar surface area (TPSA) is 69.1 Å². The van der Waals surface area contributed by atoms with Gasteiger partial charge in [0.2, 0.25) is 0 Å². The SMILES string of the molecule is CCC(O)c1nc2ccc(CO)cc2[nH]1. The number of hydrogen-bond acceptors (Lipinski definition) is 3. The lowest BCUT2D eigenvalue weighted by molar-refractivity contribution is 0.165. The van der Waals surface area contributed by atoms with Gasteiger partial charge in [0, 0.05) is 0 Å². The number of nitrogens with one attached hydrogen (secondary N) is 1. The molecule has 0 radical (unpaired) electrons. The maximum absolute atomic E-state index is 9.61. The zero-order valence-corrected chi connectivity index (χ0v) is 8.57. The number of aromatic amines is 1. The molecule has 80 valence electrons. The van der Waals surface area contributed by atoms with Crippen LogP contribution in [0.4, 0.5) is 0 Å². The molecule has 4 heteroatoms. The van der Waals surface area contributed by atoms with Crippen molar-refractivity contribution in [2.75, 3.05) is 0 Å². The number of nitrogens with zero attached hydrogens (tertiary/aromatic N) is 1. The van der Waals surface area contributed by atoms with Crippen molar-refractivity contribution >= 4 is 11.0 Å². The van der Waals surface area contributed by atoms with E-state index in [0.29, 0.717) is 12.2 Å².